The second-order valence-electron chi connectivity index (χ2n) is 18.1. The highest BCUT2D eigenvalue weighted by Gasteiger charge is 2.56. The Morgan fingerprint density at radius 2 is 0.723 bits per heavy atom. The van der Waals surface area contributed by atoms with E-state index in [1.54, 1.807) is 0 Å². The summed E-state index contributed by atoms with van der Waals surface area (Å²) < 4.78 is 0. The van der Waals surface area contributed by atoms with Crippen LogP contribution in [0.5, 0.6) is 0 Å². The van der Waals surface area contributed by atoms with Gasteiger partial charge in [0.2, 0.25) is 23.3 Å². The van der Waals surface area contributed by atoms with Gasteiger partial charge in [0.25, 0.3) is 0 Å². The van der Waals surface area contributed by atoms with Gasteiger partial charge in [0.05, 0.1) is 0 Å². The van der Waals surface area contributed by atoms with Crippen molar-refractivity contribution >= 4 is 0 Å². The quantitative estimate of drug-likeness (QED) is 0.155. The first-order valence-electron chi connectivity index (χ1n) is 22.7. The van der Waals surface area contributed by atoms with Crippen LogP contribution in [0.15, 0.2) is 164 Å². The molecule has 314 valence electrons. The number of aromatic nitrogens is 9. The molecule has 0 N–H and O–H groups in total. The molecule has 9 aromatic rings. The third kappa shape index (κ3) is 6.81. The molecule has 0 radical (unpaired) electrons. The number of hydrogen-bond donors (Lipinski definition) is 0. The van der Waals surface area contributed by atoms with Crippen LogP contribution in [-0.2, 0) is 5.41 Å². The molecule has 12 rings (SSSR count). The molecule has 5 atom stereocenters. The molecule has 2 bridgehead atoms. The lowest BCUT2D eigenvalue weighted by Gasteiger charge is -2.54. The second kappa shape index (κ2) is 15.9. The van der Waals surface area contributed by atoms with E-state index >= 15 is 0 Å². The van der Waals surface area contributed by atoms with Crippen molar-refractivity contribution in [2.75, 3.05) is 0 Å². The molecule has 5 unspecified atom stereocenters. The standard InChI is InChI=1S/C56H45N9/c1-34-29-36-31-35(2)56(42(30-34)32-36)45-26-16-15-25-43(45)44-33-41(27-28-46(44)56)51-63-54(52-59-47(37-17-7-3-8-18-37)57-48(60-52)38-19-9-4-10-20-38)65-55(64-51)53-61-49(39-21-11-5-12-22-39)58-50(62-53)40-23-13-6-14-24-40/h3-28,33-36,42H,29-32H2,1-2H3. The van der Waals surface area contributed by atoms with Gasteiger partial charge in [-0.1, -0.05) is 172 Å². The fraction of sp³-hybridized carbons (Fsp3) is 0.196. The molecule has 1 spiro atoms. The van der Waals surface area contributed by atoms with Gasteiger partial charge in [-0.25, -0.2) is 44.9 Å². The predicted molar refractivity (Wildman–Crippen MR) is 255 cm³/mol. The molecule has 0 amide bonds. The van der Waals surface area contributed by atoms with Gasteiger partial charge in [-0.15, -0.1) is 0 Å². The highest BCUT2D eigenvalue weighted by atomic mass is 15.1. The highest BCUT2D eigenvalue weighted by molar-refractivity contribution is 5.85. The first kappa shape index (κ1) is 39.0. The van der Waals surface area contributed by atoms with E-state index < -0.39 is 0 Å². The van der Waals surface area contributed by atoms with Crippen LogP contribution in [0.2, 0.25) is 0 Å². The first-order valence-corrected chi connectivity index (χ1v) is 22.7. The van der Waals surface area contributed by atoms with Crippen molar-refractivity contribution in [3.8, 4) is 91.4 Å². The molecular formula is C56H45N9. The van der Waals surface area contributed by atoms with Crippen LogP contribution in [0.3, 0.4) is 0 Å². The van der Waals surface area contributed by atoms with Crippen molar-refractivity contribution in [3.05, 3.63) is 175 Å². The summed E-state index contributed by atoms with van der Waals surface area (Å²) in [7, 11) is 0. The molecule has 2 fully saturated rings. The molecule has 2 saturated carbocycles. The minimum Gasteiger partial charge on any atom is -0.208 e. The smallest absolute Gasteiger partial charge is 0.202 e. The lowest BCUT2D eigenvalue weighted by atomic mass is 9.49. The van der Waals surface area contributed by atoms with Gasteiger partial charge >= 0.3 is 0 Å². The third-order valence-electron chi connectivity index (χ3n) is 14.0. The van der Waals surface area contributed by atoms with Crippen molar-refractivity contribution in [3.63, 3.8) is 0 Å². The Morgan fingerprint density at radius 1 is 0.338 bits per heavy atom. The lowest BCUT2D eigenvalue weighted by molar-refractivity contribution is 0.0426. The van der Waals surface area contributed by atoms with Crippen LogP contribution in [0.1, 0.15) is 50.7 Å². The summed E-state index contributed by atoms with van der Waals surface area (Å²) in [6.45, 7) is 4.96. The molecule has 9 heteroatoms. The van der Waals surface area contributed by atoms with E-state index in [4.69, 9.17) is 44.9 Å². The monoisotopic (exact) mass is 843 g/mol. The normalized spacial score (nSPS) is 20.6. The van der Waals surface area contributed by atoms with Crippen molar-refractivity contribution in [2.24, 2.45) is 23.7 Å². The summed E-state index contributed by atoms with van der Waals surface area (Å²) >= 11 is 0. The molecule has 0 aliphatic heterocycles. The topological polar surface area (TPSA) is 116 Å². The lowest BCUT2D eigenvalue weighted by Crippen LogP contribution is -2.49. The maximum absolute atomic E-state index is 5.24. The van der Waals surface area contributed by atoms with E-state index in [0.29, 0.717) is 52.6 Å². The Bertz CT molecular complexity index is 2950. The molecule has 3 aromatic heterocycles. The predicted octanol–water partition coefficient (Wildman–Crippen LogP) is 12.3. The summed E-state index contributed by atoms with van der Waals surface area (Å²) in [5, 5.41) is 0. The largest absolute Gasteiger partial charge is 0.208 e. The summed E-state index contributed by atoms with van der Waals surface area (Å²) in [4.78, 5) is 45.8. The van der Waals surface area contributed by atoms with Crippen LogP contribution in [-0.4, -0.2) is 44.9 Å². The SMILES string of the molecule is CC1CC2CC(C)C3(c4ccccc4-c4cc(-c5nc(-c6nc(-c7ccccc7)nc(-c7ccccc7)n6)nc(-c6nc(-c7ccccc7)nc(-c7ccccc7)n6)n5)ccc43)C(C1)C2. The zero-order valence-corrected chi connectivity index (χ0v) is 36.3. The van der Waals surface area contributed by atoms with Crippen LogP contribution in [0.25, 0.3) is 91.4 Å². The van der Waals surface area contributed by atoms with Gasteiger partial charge in [-0.2, -0.15) is 0 Å². The maximum Gasteiger partial charge on any atom is 0.202 e. The average molecular weight is 844 g/mol. The second-order valence-corrected chi connectivity index (χ2v) is 18.1. The minimum absolute atomic E-state index is 0.0375. The van der Waals surface area contributed by atoms with Crippen LogP contribution in [0.4, 0.5) is 0 Å². The van der Waals surface area contributed by atoms with Gasteiger partial charge in [0.1, 0.15) is 0 Å². The van der Waals surface area contributed by atoms with E-state index in [1.165, 1.54) is 47.9 Å². The number of hydrogen-bond acceptors (Lipinski definition) is 9. The Hall–Kier alpha value is -7.65. The zero-order valence-electron chi connectivity index (χ0n) is 36.3. The van der Waals surface area contributed by atoms with Crippen molar-refractivity contribution in [2.45, 2.75) is 44.9 Å². The van der Waals surface area contributed by atoms with Gasteiger partial charge in [-0.3, -0.25) is 0 Å². The molecular weight excluding hydrogens is 799 g/mol. The molecule has 0 saturated heterocycles. The highest BCUT2D eigenvalue weighted by Crippen LogP contribution is 2.64. The maximum atomic E-state index is 5.24. The first-order chi connectivity index (χ1) is 32.0. The molecule has 3 aliphatic carbocycles. The van der Waals surface area contributed by atoms with Crippen LogP contribution < -0.4 is 0 Å². The summed E-state index contributed by atoms with van der Waals surface area (Å²) in [6, 6.07) is 55.7. The van der Waals surface area contributed by atoms with Gasteiger partial charge in [-0.05, 0) is 77.7 Å². The van der Waals surface area contributed by atoms with Gasteiger partial charge in [0, 0.05) is 33.2 Å². The molecule has 6 aromatic carbocycles. The number of fused-ring (bicyclic) bond motifs is 8. The van der Waals surface area contributed by atoms with E-state index in [-0.39, 0.29) is 17.1 Å². The van der Waals surface area contributed by atoms with E-state index in [9.17, 15) is 0 Å². The summed E-state index contributed by atoms with van der Waals surface area (Å²) in [5.74, 6) is 6.33. The number of rotatable bonds is 7. The number of benzene rings is 6. The Kier molecular flexibility index (Phi) is 9.51. The Morgan fingerprint density at radius 3 is 1.20 bits per heavy atom. The minimum atomic E-state index is -0.0375. The summed E-state index contributed by atoms with van der Waals surface area (Å²) in [6.07, 6.45) is 5.13. The fourth-order valence-corrected chi connectivity index (χ4v) is 11.4. The molecule has 3 heterocycles. The fourth-order valence-electron chi connectivity index (χ4n) is 11.4. The zero-order chi connectivity index (χ0) is 43.5. The van der Waals surface area contributed by atoms with Crippen LogP contribution in [0, 0.1) is 23.7 Å². The molecule has 65 heavy (non-hydrogen) atoms. The summed E-state index contributed by atoms with van der Waals surface area (Å²) in [5.41, 5.74) is 9.67. The third-order valence-corrected chi connectivity index (χ3v) is 14.0. The van der Waals surface area contributed by atoms with E-state index in [0.717, 1.165) is 39.7 Å². The van der Waals surface area contributed by atoms with Gasteiger partial charge in [0.15, 0.2) is 29.1 Å². The van der Waals surface area contributed by atoms with Crippen molar-refractivity contribution in [1.29, 1.82) is 0 Å². The van der Waals surface area contributed by atoms with Crippen molar-refractivity contribution < 1.29 is 0 Å². The average Bonchev–Trinajstić information content (AvgIpc) is 3.67. The molecule has 3 aliphatic rings. The molecule has 9 nitrogen and oxygen atoms in total. The van der Waals surface area contributed by atoms with E-state index in [2.05, 4.69) is 56.3 Å². The Labute approximate surface area is 378 Å². The van der Waals surface area contributed by atoms with Gasteiger partial charge < -0.3 is 0 Å². The number of nitrogens with zero attached hydrogens (tertiary/aromatic N) is 9. The van der Waals surface area contributed by atoms with Crippen molar-refractivity contribution in [1.82, 2.24) is 44.9 Å². The van der Waals surface area contributed by atoms with E-state index in [1.807, 2.05) is 121 Å². The van der Waals surface area contributed by atoms with Crippen LogP contribution >= 0.6 is 0 Å². The Balaban J connectivity index is 1.08.